The summed E-state index contributed by atoms with van der Waals surface area (Å²) >= 11 is 0. The molecule has 1 nitrogen and oxygen atoms in total. The third kappa shape index (κ3) is 4.19. The van der Waals surface area contributed by atoms with Gasteiger partial charge >= 0.3 is 0 Å². The van der Waals surface area contributed by atoms with Crippen LogP contribution in [0.4, 0.5) is 5.69 Å². The van der Waals surface area contributed by atoms with Crippen molar-refractivity contribution < 1.29 is 0 Å². The molecule has 0 amide bonds. The topological polar surface area (TPSA) is 12.0 Å². The Morgan fingerprint density at radius 2 is 1.68 bits per heavy atom. The van der Waals surface area contributed by atoms with E-state index in [2.05, 4.69) is 71.8 Å². The van der Waals surface area contributed by atoms with Gasteiger partial charge in [0.15, 0.2) is 0 Å². The summed E-state index contributed by atoms with van der Waals surface area (Å²) in [6.07, 6.45) is 1.85. The van der Waals surface area contributed by atoms with Crippen LogP contribution < -0.4 is 5.32 Å². The number of hydrogen-bond donors (Lipinski definition) is 1. The molecule has 2 rings (SSSR count). The first-order chi connectivity index (χ1) is 9.40. The molecule has 0 atom stereocenters. The van der Waals surface area contributed by atoms with E-state index in [1.54, 1.807) is 0 Å². The SMILES string of the molecule is CC#CCCNc1ccccc1Cc1ccccc1. The first-order valence-corrected chi connectivity index (χ1v) is 6.65. The highest BCUT2D eigenvalue weighted by Gasteiger charge is 2.01. The maximum absolute atomic E-state index is 3.47. The molecular formula is C18H19N. The van der Waals surface area contributed by atoms with Crippen LogP contribution in [-0.2, 0) is 6.42 Å². The van der Waals surface area contributed by atoms with E-state index in [1.165, 1.54) is 16.8 Å². The molecule has 0 bridgehead atoms. The lowest BCUT2D eigenvalue weighted by atomic mass is 10.0. The maximum Gasteiger partial charge on any atom is 0.0376 e. The van der Waals surface area contributed by atoms with Gasteiger partial charge in [0.25, 0.3) is 0 Å². The summed E-state index contributed by atoms with van der Waals surface area (Å²) in [5, 5.41) is 3.47. The van der Waals surface area contributed by atoms with Crippen LogP contribution in [0.2, 0.25) is 0 Å². The van der Waals surface area contributed by atoms with Gasteiger partial charge in [0, 0.05) is 18.7 Å². The molecule has 19 heavy (non-hydrogen) atoms. The largest absolute Gasteiger partial charge is 0.384 e. The molecule has 0 aliphatic carbocycles. The first-order valence-electron chi connectivity index (χ1n) is 6.65. The minimum atomic E-state index is 0.885. The number of rotatable bonds is 5. The average molecular weight is 249 g/mol. The Morgan fingerprint density at radius 3 is 2.47 bits per heavy atom. The molecule has 0 saturated heterocycles. The highest BCUT2D eigenvalue weighted by Crippen LogP contribution is 2.18. The van der Waals surface area contributed by atoms with E-state index < -0.39 is 0 Å². The normalized spacial score (nSPS) is 9.53. The molecule has 96 valence electrons. The first kappa shape index (κ1) is 13.2. The van der Waals surface area contributed by atoms with Gasteiger partial charge in [-0.2, -0.15) is 0 Å². The van der Waals surface area contributed by atoms with Crippen molar-refractivity contribution in [2.24, 2.45) is 0 Å². The van der Waals surface area contributed by atoms with Gasteiger partial charge in [0.05, 0.1) is 0 Å². The van der Waals surface area contributed by atoms with E-state index in [0.717, 1.165) is 19.4 Å². The van der Waals surface area contributed by atoms with Gasteiger partial charge in [-0.15, -0.1) is 11.8 Å². The quantitative estimate of drug-likeness (QED) is 0.621. The summed E-state index contributed by atoms with van der Waals surface area (Å²) < 4.78 is 0. The molecule has 0 heterocycles. The predicted molar refractivity (Wildman–Crippen MR) is 82.2 cm³/mol. The summed E-state index contributed by atoms with van der Waals surface area (Å²) in [5.74, 6) is 5.99. The predicted octanol–water partition coefficient (Wildman–Crippen LogP) is 4.10. The summed E-state index contributed by atoms with van der Waals surface area (Å²) in [5.41, 5.74) is 3.88. The van der Waals surface area contributed by atoms with E-state index in [4.69, 9.17) is 0 Å². The zero-order valence-corrected chi connectivity index (χ0v) is 11.3. The number of para-hydroxylation sites is 1. The Labute approximate surface area is 115 Å². The standard InChI is InChI=1S/C18H19N/c1-2-3-9-14-19-18-13-8-7-12-17(18)15-16-10-5-4-6-11-16/h4-8,10-13,19H,9,14-15H2,1H3. The lowest BCUT2D eigenvalue weighted by Crippen LogP contribution is -2.03. The van der Waals surface area contributed by atoms with Crippen LogP contribution in [0.15, 0.2) is 54.6 Å². The highest BCUT2D eigenvalue weighted by atomic mass is 14.9. The van der Waals surface area contributed by atoms with Crippen LogP contribution in [0.3, 0.4) is 0 Å². The molecule has 1 heteroatoms. The Morgan fingerprint density at radius 1 is 0.947 bits per heavy atom. The molecule has 0 spiro atoms. The molecule has 2 aromatic carbocycles. The molecule has 0 aromatic heterocycles. The zero-order valence-electron chi connectivity index (χ0n) is 11.3. The van der Waals surface area contributed by atoms with Crippen LogP contribution >= 0.6 is 0 Å². The van der Waals surface area contributed by atoms with Gasteiger partial charge in [-0.25, -0.2) is 0 Å². The minimum Gasteiger partial charge on any atom is -0.384 e. The van der Waals surface area contributed by atoms with E-state index in [0.29, 0.717) is 0 Å². The summed E-state index contributed by atoms with van der Waals surface area (Å²) in [6.45, 7) is 2.77. The van der Waals surface area contributed by atoms with E-state index >= 15 is 0 Å². The highest BCUT2D eigenvalue weighted by molar-refractivity contribution is 5.52. The third-order valence-electron chi connectivity index (χ3n) is 3.00. The maximum atomic E-state index is 3.47. The number of benzene rings is 2. The van der Waals surface area contributed by atoms with Gasteiger partial charge in [0.1, 0.15) is 0 Å². The lowest BCUT2D eigenvalue weighted by molar-refractivity contribution is 1.08. The zero-order chi connectivity index (χ0) is 13.3. The molecule has 0 saturated carbocycles. The van der Waals surface area contributed by atoms with Crippen LogP contribution in [0.25, 0.3) is 0 Å². The number of nitrogens with one attached hydrogen (secondary N) is 1. The van der Waals surface area contributed by atoms with Gasteiger partial charge in [0.2, 0.25) is 0 Å². The van der Waals surface area contributed by atoms with Crippen molar-refractivity contribution in [1.29, 1.82) is 0 Å². The fourth-order valence-corrected chi connectivity index (χ4v) is 2.05. The van der Waals surface area contributed by atoms with Gasteiger partial charge in [-0.3, -0.25) is 0 Å². The number of anilines is 1. The van der Waals surface area contributed by atoms with Crippen LogP contribution in [-0.4, -0.2) is 6.54 Å². The average Bonchev–Trinajstić information content (AvgIpc) is 2.46. The Hall–Kier alpha value is -2.20. The molecule has 0 radical (unpaired) electrons. The molecule has 2 aromatic rings. The van der Waals surface area contributed by atoms with Crippen molar-refractivity contribution in [3.8, 4) is 11.8 Å². The molecule has 0 aliphatic rings. The van der Waals surface area contributed by atoms with Crippen molar-refractivity contribution in [3.63, 3.8) is 0 Å². The molecule has 1 N–H and O–H groups in total. The molecular weight excluding hydrogens is 230 g/mol. The van der Waals surface area contributed by atoms with Crippen molar-refractivity contribution in [1.82, 2.24) is 0 Å². The van der Waals surface area contributed by atoms with Crippen LogP contribution in [0.5, 0.6) is 0 Å². The van der Waals surface area contributed by atoms with Crippen LogP contribution in [0, 0.1) is 11.8 Å². The van der Waals surface area contributed by atoms with Crippen molar-refractivity contribution in [3.05, 3.63) is 65.7 Å². The Balaban J connectivity index is 2.05. The van der Waals surface area contributed by atoms with Gasteiger partial charge < -0.3 is 5.32 Å². The fraction of sp³-hybridized carbons (Fsp3) is 0.222. The van der Waals surface area contributed by atoms with Crippen molar-refractivity contribution in [2.45, 2.75) is 19.8 Å². The second-order valence-electron chi connectivity index (χ2n) is 4.42. The fourth-order valence-electron chi connectivity index (χ4n) is 2.05. The van der Waals surface area contributed by atoms with Crippen molar-refractivity contribution >= 4 is 5.69 Å². The smallest absolute Gasteiger partial charge is 0.0376 e. The summed E-state index contributed by atoms with van der Waals surface area (Å²) in [6, 6.07) is 19.0. The van der Waals surface area contributed by atoms with Gasteiger partial charge in [-0.05, 0) is 30.5 Å². The van der Waals surface area contributed by atoms with Crippen molar-refractivity contribution in [2.75, 3.05) is 11.9 Å². The van der Waals surface area contributed by atoms with E-state index in [1.807, 2.05) is 6.92 Å². The Kier molecular flexibility index (Phi) is 5.07. The monoisotopic (exact) mass is 249 g/mol. The van der Waals surface area contributed by atoms with Crippen LogP contribution in [0.1, 0.15) is 24.5 Å². The summed E-state index contributed by atoms with van der Waals surface area (Å²) in [7, 11) is 0. The second-order valence-corrected chi connectivity index (χ2v) is 4.42. The lowest BCUT2D eigenvalue weighted by Gasteiger charge is -2.11. The molecule has 0 unspecified atom stereocenters. The minimum absolute atomic E-state index is 0.885. The third-order valence-corrected chi connectivity index (χ3v) is 3.00. The summed E-state index contributed by atoms with van der Waals surface area (Å²) in [4.78, 5) is 0. The van der Waals surface area contributed by atoms with E-state index in [-0.39, 0.29) is 0 Å². The van der Waals surface area contributed by atoms with E-state index in [9.17, 15) is 0 Å². The number of hydrogen-bond acceptors (Lipinski definition) is 1. The molecule has 0 aliphatic heterocycles. The van der Waals surface area contributed by atoms with Gasteiger partial charge in [-0.1, -0.05) is 48.5 Å². The second kappa shape index (κ2) is 7.28. The molecule has 0 fully saturated rings. The Bertz CT molecular complexity index is 561.